The summed E-state index contributed by atoms with van der Waals surface area (Å²) in [6.07, 6.45) is 4.31. The number of aryl methyl sites for hydroxylation is 1. The fraction of sp³-hybridized carbons (Fsp3) is 0.111. The summed E-state index contributed by atoms with van der Waals surface area (Å²) in [7, 11) is 1.63. The Morgan fingerprint density at radius 1 is 1.23 bits per heavy atom. The largest absolute Gasteiger partial charge is 0.465 e. The van der Waals surface area contributed by atoms with Crippen LogP contribution in [0.2, 0.25) is 0 Å². The van der Waals surface area contributed by atoms with Crippen molar-refractivity contribution in [1.29, 1.82) is 0 Å². The molecular weight excluding hydrogens is 336 g/mol. The van der Waals surface area contributed by atoms with Crippen molar-refractivity contribution in [3.8, 4) is 0 Å². The summed E-state index contributed by atoms with van der Waals surface area (Å²) in [5.74, 6) is 0.820. The molecule has 0 aliphatic heterocycles. The van der Waals surface area contributed by atoms with E-state index in [1.807, 2.05) is 6.07 Å². The van der Waals surface area contributed by atoms with Crippen molar-refractivity contribution in [2.75, 3.05) is 0 Å². The molecule has 0 aliphatic carbocycles. The smallest absolute Gasteiger partial charge is 0.331 e. The second kappa shape index (κ2) is 6.32. The predicted molar refractivity (Wildman–Crippen MR) is 93.3 cm³/mol. The lowest BCUT2D eigenvalue weighted by Gasteiger charge is -2.07. The average molecular weight is 350 g/mol. The summed E-state index contributed by atoms with van der Waals surface area (Å²) >= 11 is 0. The number of fused-ring (bicyclic) bond motifs is 3. The van der Waals surface area contributed by atoms with E-state index in [2.05, 4.69) is 10.2 Å². The highest BCUT2D eigenvalue weighted by Crippen LogP contribution is 2.14. The van der Waals surface area contributed by atoms with Gasteiger partial charge in [-0.05, 0) is 30.3 Å². The molecule has 4 rings (SSSR count). The quantitative estimate of drug-likeness (QED) is 0.412. The summed E-state index contributed by atoms with van der Waals surface area (Å²) in [6, 6.07) is 10.6. The van der Waals surface area contributed by atoms with Gasteiger partial charge in [0.1, 0.15) is 5.76 Å². The molecule has 0 unspecified atom stereocenters. The lowest BCUT2D eigenvalue weighted by atomic mass is 10.2. The van der Waals surface area contributed by atoms with Crippen molar-refractivity contribution in [3.63, 3.8) is 0 Å². The molecule has 1 aromatic carbocycles. The molecule has 0 atom stereocenters. The van der Waals surface area contributed by atoms with Gasteiger partial charge in [0, 0.05) is 13.1 Å². The minimum Gasteiger partial charge on any atom is -0.465 e. The van der Waals surface area contributed by atoms with E-state index in [0.717, 1.165) is 0 Å². The van der Waals surface area contributed by atoms with Gasteiger partial charge in [0.25, 0.3) is 5.56 Å². The highest BCUT2D eigenvalue weighted by molar-refractivity contribution is 5.86. The Bertz CT molecular complexity index is 1190. The van der Waals surface area contributed by atoms with Gasteiger partial charge in [0.2, 0.25) is 5.78 Å². The normalized spacial score (nSPS) is 11.6. The molecule has 0 amide bonds. The van der Waals surface area contributed by atoms with Crippen LogP contribution in [0.25, 0.3) is 22.8 Å². The number of para-hydroxylation sites is 1. The third kappa shape index (κ3) is 2.67. The third-order valence-corrected chi connectivity index (χ3v) is 3.96. The van der Waals surface area contributed by atoms with Gasteiger partial charge in [-0.2, -0.15) is 0 Å². The molecule has 3 aromatic heterocycles. The summed E-state index contributed by atoms with van der Waals surface area (Å²) in [5, 5.41) is 8.64. The van der Waals surface area contributed by atoms with E-state index in [4.69, 9.17) is 9.15 Å². The lowest BCUT2D eigenvalue weighted by Crippen LogP contribution is -2.20. The number of esters is 1. The Morgan fingerprint density at radius 3 is 2.88 bits per heavy atom. The highest BCUT2D eigenvalue weighted by Gasteiger charge is 2.15. The van der Waals surface area contributed by atoms with Crippen molar-refractivity contribution in [3.05, 3.63) is 70.7 Å². The summed E-state index contributed by atoms with van der Waals surface area (Å²) in [6.45, 7) is -0.0787. The Kier molecular flexibility index (Phi) is 3.85. The van der Waals surface area contributed by atoms with Crippen molar-refractivity contribution < 1.29 is 13.9 Å². The Hall–Kier alpha value is -3.68. The first-order chi connectivity index (χ1) is 12.6. The van der Waals surface area contributed by atoms with Gasteiger partial charge in [-0.1, -0.05) is 12.1 Å². The third-order valence-electron chi connectivity index (χ3n) is 3.96. The molecule has 8 heteroatoms. The predicted octanol–water partition coefficient (Wildman–Crippen LogP) is 1.93. The maximum Gasteiger partial charge on any atom is 0.331 e. The molecule has 4 aromatic rings. The molecule has 0 saturated heterocycles. The first-order valence-corrected chi connectivity index (χ1v) is 7.85. The van der Waals surface area contributed by atoms with Crippen LogP contribution < -0.4 is 5.56 Å². The van der Waals surface area contributed by atoms with E-state index in [-0.39, 0.29) is 12.2 Å². The molecule has 0 saturated carbocycles. The molecule has 0 N–H and O–H groups in total. The Morgan fingerprint density at radius 2 is 2.08 bits per heavy atom. The zero-order valence-electron chi connectivity index (χ0n) is 13.8. The number of hydrogen-bond acceptors (Lipinski definition) is 6. The Labute approximate surface area is 146 Å². The SMILES string of the molecule is Cn1c(=O)c2ccccc2n2c(COC(=O)/C=C/c3ccco3)nnc12. The number of rotatable bonds is 4. The van der Waals surface area contributed by atoms with Gasteiger partial charge in [-0.25, -0.2) is 4.79 Å². The number of ether oxygens (including phenoxy) is 1. The second-order valence-corrected chi connectivity index (χ2v) is 5.59. The van der Waals surface area contributed by atoms with Crippen LogP contribution in [0.4, 0.5) is 0 Å². The molecule has 26 heavy (non-hydrogen) atoms. The zero-order chi connectivity index (χ0) is 18.1. The van der Waals surface area contributed by atoms with E-state index in [9.17, 15) is 9.59 Å². The maximum absolute atomic E-state index is 12.4. The van der Waals surface area contributed by atoms with Crippen LogP contribution >= 0.6 is 0 Å². The van der Waals surface area contributed by atoms with Crippen LogP contribution in [0.15, 0.2) is 57.9 Å². The van der Waals surface area contributed by atoms with E-state index >= 15 is 0 Å². The van der Waals surface area contributed by atoms with Gasteiger partial charge in [-0.15, -0.1) is 10.2 Å². The second-order valence-electron chi connectivity index (χ2n) is 5.59. The van der Waals surface area contributed by atoms with Crippen LogP contribution in [0.1, 0.15) is 11.6 Å². The number of nitrogens with zero attached hydrogens (tertiary/aromatic N) is 4. The molecule has 130 valence electrons. The van der Waals surface area contributed by atoms with Gasteiger partial charge in [0.05, 0.1) is 17.2 Å². The number of carbonyl (C=O) groups excluding carboxylic acids is 1. The minimum atomic E-state index is -0.535. The van der Waals surface area contributed by atoms with Crippen LogP contribution in [-0.4, -0.2) is 25.1 Å². The molecule has 0 radical (unpaired) electrons. The highest BCUT2D eigenvalue weighted by atomic mass is 16.5. The van der Waals surface area contributed by atoms with E-state index in [1.165, 1.54) is 23.0 Å². The molecule has 0 fully saturated rings. The molecule has 8 nitrogen and oxygen atoms in total. The number of benzene rings is 1. The molecule has 0 spiro atoms. The average Bonchev–Trinajstić information content (AvgIpc) is 3.32. The van der Waals surface area contributed by atoms with Crippen LogP contribution in [0.3, 0.4) is 0 Å². The zero-order valence-corrected chi connectivity index (χ0v) is 13.8. The van der Waals surface area contributed by atoms with Crippen LogP contribution in [-0.2, 0) is 23.2 Å². The van der Waals surface area contributed by atoms with E-state index in [1.54, 1.807) is 41.8 Å². The van der Waals surface area contributed by atoms with Crippen LogP contribution in [0.5, 0.6) is 0 Å². The van der Waals surface area contributed by atoms with Crippen LogP contribution in [0, 0.1) is 0 Å². The topological polar surface area (TPSA) is 91.6 Å². The standard InChI is InChI=1S/C18H14N4O4/c1-21-17(24)13-6-2-3-7-14(13)22-15(19-20-18(21)22)11-26-16(23)9-8-12-5-4-10-25-12/h2-10H,11H2,1H3/b9-8+. The van der Waals surface area contributed by atoms with Crippen molar-refractivity contribution >= 4 is 28.7 Å². The van der Waals surface area contributed by atoms with E-state index < -0.39 is 5.97 Å². The molecule has 0 aliphatic rings. The summed E-state index contributed by atoms with van der Waals surface area (Å²) in [5.41, 5.74) is 0.498. The molecule has 0 bridgehead atoms. The molecular formula is C18H14N4O4. The minimum absolute atomic E-state index is 0.0787. The monoisotopic (exact) mass is 350 g/mol. The van der Waals surface area contributed by atoms with Gasteiger partial charge < -0.3 is 9.15 Å². The Balaban J connectivity index is 1.65. The first-order valence-electron chi connectivity index (χ1n) is 7.85. The fourth-order valence-corrected chi connectivity index (χ4v) is 2.71. The van der Waals surface area contributed by atoms with E-state index in [0.29, 0.717) is 28.3 Å². The van der Waals surface area contributed by atoms with Gasteiger partial charge in [0.15, 0.2) is 12.4 Å². The van der Waals surface area contributed by atoms with Crippen molar-refractivity contribution in [1.82, 2.24) is 19.2 Å². The number of furan rings is 1. The maximum atomic E-state index is 12.4. The summed E-state index contributed by atoms with van der Waals surface area (Å²) in [4.78, 5) is 24.3. The number of carbonyl (C=O) groups is 1. The fourth-order valence-electron chi connectivity index (χ4n) is 2.71. The molecule has 3 heterocycles. The van der Waals surface area contributed by atoms with Crippen molar-refractivity contribution in [2.24, 2.45) is 7.05 Å². The number of aromatic nitrogens is 4. The summed E-state index contributed by atoms with van der Waals surface area (Å²) < 4.78 is 13.5. The lowest BCUT2D eigenvalue weighted by molar-refractivity contribution is -0.139. The van der Waals surface area contributed by atoms with Gasteiger partial charge in [-0.3, -0.25) is 13.8 Å². The van der Waals surface area contributed by atoms with Gasteiger partial charge >= 0.3 is 5.97 Å². The first kappa shape index (κ1) is 15.8. The van der Waals surface area contributed by atoms with Crippen molar-refractivity contribution in [2.45, 2.75) is 6.61 Å². The number of hydrogen-bond donors (Lipinski definition) is 0.